The van der Waals surface area contributed by atoms with Gasteiger partial charge < -0.3 is 14.2 Å². The summed E-state index contributed by atoms with van der Waals surface area (Å²) >= 11 is 0. The molecule has 0 aromatic rings. The molecular formula is C65H114O6. The fourth-order valence-electron chi connectivity index (χ4n) is 8.64. The Bertz CT molecular complexity index is 1320. The van der Waals surface area contributed by atoms with E-state index in [2.05, 4.69) is 93.7 Å². The predicted molar refractivity (Wildman–Crippen MR) is 307 cm³/mol. The van der Waals surface area contributed by atoms with Crippen molar-refractivity contribution in [3.63, 3.8) is 0 Å². The summed E-state index contributed by atoms with van der Waals surface area (Å²) in [7, 11) is 0. The minimum atomic E-state index is -0.800. The molecule has 410 valence electrons. The second-order valence-corrected chi connectivity index (χ2v) is 20.2. The molecule has 0 unspecified atom stereocenters. The van der Waals surface area contributed by atoms with Gasteiger partial charge in [0.2, 0.25) is 0 Å². The summed E-state index contributed by atoms with van der Waals surface area (Å²) in [6.45, 7) is 6.49. The average molecular weight is 992 g/mol. The summed E-state index contributed by atoms with van der Waals surface area (Å²) < 4.78 is 16.9. The normalized spacial score (nSPS) is 12.5. The third kappa shape index (κ3) is 57.6. The van der Waals surface area contributed by atoms with Crippen molar-refractivity contribution in [2.24, 2.45) is 0 Å². The Hall–Kier alpha value is -3.15. The average Bonchev–Trinajstić information content (AvgIpc) is 3.37. The van der Waals surface area contributed by atoms with Crippen LogP contribution in [0.5, 0.6) is 0 Å². The SMILES string of the molecule is CC/C=C\C/C=C\C/C=C\C/C=C\CCCCC(=O)O[C@H](COC(=O)CCCCCCCCC/C=C\C/C=C\CCCCC)COC(=O)CCCCCCCCCCCCCCCCCCCCCCC. The van der Waals surface area contributed by atoms with Gasteiger partial charge in [-0.1, -0.05) is 267 Å². The number of carbonyl (C=O) groups excluding carboxylic acids is 3. The summed E-state index contributed by atoms with van der Waals surface area (Å²) in [6.07, 6.45) is 76.2. The molecular weight excluding hydrogens is 877 g/mol. The second kappa shape index (κ2) is 59.4. The lowest BCUT2D eigenvalue weighted by Crippen LogP contribution is -2.30. The first-order chi connectivity index (χ1) is 35.0. The molecule has 0 amide bonds. The van der Waals surface area contributed by atoms with Crippen LogP contribution in [0.25, 0.3) is 0 Å². The highest BCUT2D eigenvalue weighted by Gasteiger charge is 2.19. The molecule has 0 aromatic carbocycles. The highest BCUT2D eigenvalue weighted by molar-refractivity contribution is 5.71. The molecule has 0 heterocycles. The van der Waals surface area contributed by atoms with Crippen LogP contribution in [0, 0.1) is 0 Å². The van der Waals surface area contributed by atoms with Crippen LogP contribution in [0.4, 0.5) is 0 Å². The maximum atomic E-state index is 12.9. The first kappa shape index (κ1) is 67.8. The van der Waals surface area contributed by atoms with E-state index in [1.165, 1.54) is 167 Å². The van der Waals surface area contributed by atoms with Gasteiger partial charge in [-0.3, -0.25) is 14.4 Å². The molecule has 0 aromatic heterocycles. The van der Waals surface area contributed by atoms with Crippen LogP contribution in [0.15, 0.2) is 72.9 Å². The molecule has 0 saturated heterocycles. The van der Waals surface area contributed by atoms with Gasteiger partial charge in [0.1, 0.15) is 13.2 Å². The quantitative estimate of drug-likeness (QED) is 0.0261. The fourth-order valence-corrected chi connectivity index (χ4v) is 8.64. The summed E-state index contributed by atoms with van der Waals surface area (Å²) in [6, 6.07) is 0. The lowest BCUT2D eigenvalue weighted by molar-refractivity contribution is -0.167. The Morgan fingerprint density at radius 1 is 0.296 bits per heavy atom. The van der Waals surface area contributed by atoms with E-state index in [0.29, 0.717) is 19.3 Å². The van der Waals surface area contributed by atoms with E-state index in [9.17, 15) is 14.4 Å². The van der Waals surface area contributed by atoms with Gasteiger partial charge in [-0.2, -0.15) is 0 Å². The smallest absolute Gasteiger partial charge is 0.306 e. The molecule has 1 atom stereocenters. The predicted octanol–water partition coefficient (Wildman–Crippen LogP) is 20.5. The lowest BCUT2D eigenvalue weighted by Gasteiger charge is -2.18. The van der Waals surface area contributed by atoms with Crippen LogP contribution < -0.4 is 0 Å². The van der Waals surface area contributed by atoms with Gasteiger partial charge in [0.25, 0.3) is 0 Å². The standard InChI is InChI=1S/C65H114O6/c1-4-7-10-13-16-19-22-25-28-30-31-32-33-35-38-40-43-46-49-52-55-58-64(67)70-61-62(71-65(68)59-56-53-50-47-44-41-36-27-24-21-18-15-12-9-6-3)60-69-63(66)57-54-51-48-45-42-39-37-34-29-26-23-20-17-14-11-8-5-2/h9,12,17-18,20-21,26-27,29,36,44,47,62H,4-8,10-11,13-16,19,22-25,28,30-35,37-43,45-46,48-61H2,1-3H3/b12-9-,20-17-,21-18-,29-26-,36-27-,47-44-/t62-/m1/s1. The monoisotopic (exact) mass is 991 g/mol. The number of hydrogen-bond donors (Lipinski definition) is 0. The molecule has 0 aliphatic rings. The van der Waals surface area contributed by atoms with Crippen molar-refractivity contribution in [2.45, 2.75) is 309 Å². The van der Waals surface area contributed by atoms with Gasteiger partial charge in [0, 0.05) is 19.3 Å². The van der Waals surface area contributed by atoms with Crippen molar-refractivity contribution >= 4 is 17.9 Å². The van der Waals surface area contributed by atoms with Gasteiger partial charge in [-0.05, 0) is 89.9 Å². The number of carbonyl (C=O) groups is 3. The fraction of sp³-hybridized carbons (Fsp3) is 0.769. The van der Waals surface area contributed by atoms with Crippen LogP contribution in [-0.2, 0) is 28.6 Å². The van der Waals surface area contributed by atoms with E-state index in [4.69, 9.17) is 14.2 Å². The zero-order valence-corrected chi connectivity index (χ0v) is 47.0. The molecule has 0 bridgehead atoms. The summed E-state index contributed by atoms with van der Waals surface area (Å²) in [4.78, 5) is 38.2. The number of unbranched alkanes of at least 4 members (excludes halogenated alkanes) is 32. The Labute approximate surface area is 440 Å². The molecule has 6 nitrogen and oxygen atoms in total. The summed E-state index contributed by atoms with van der Waals surface area (Å²) in [5, 5.41) is 0. The largest absolute Gasteiger partial charge is 0.462 e. The Kier molecular flexibility index (Phi) is 56.8. The Morgan fingerprint density at radius 3 is 0.915 bits per heavy atom. The molecule has 6 heteroatoms. The Morgan fingerprint density at radius 2 is 0.549 bits per heavy atom. The number of hydrogen-bond acceptors (Lipinski definition) is 6. The molecule has 0 radical (unpaired) electrons. The van der Waals surface area contributed by atoms with Crippen molar-refractivity contribution in [3.05, 3.63) is 72.9 Å². The highest BCUT2D eigenvalue weighted by atomic mass is 16.6. The number of ether oxygens (including phenoxy) is 3. The molecule has 0 saturated carbocycles. The number of allylic oxidation sites excluding steroid dienone is 12. The highest BCUT2D eigenvalue weighted by Crippen LogP contribution is 2.17. The summed E-state index contributed by atoms with van der Waals surface area (Å²) in [5.74, 6) is -0.930. The topological polar surface area (TPSA) is 78.9 Å². The van der Waals surface area contributed by atoms with Crippen molar-refractivity contribution in [1.29, 1.82) is 0 Å². The molecule has 0 spiro atoms. The third-order valence-electron chi connectivity index (χ3n) is 13.2. The van der Waals surface area contributed by atoms with E-state index >= 15 is 0 Å². The molecule has 0 N–H and O–H groups in total. The van der Waals surface area contributed by atoms with Crippen molar-refractivity contribution in [1.82, 2.24) is 0 Å². The zero-order chi connectivity index (χ0) is 51.4. The van der Waals surface area contributed by atoms with Crippen LogP contribution in [0.1, 0.15) is 303 Å². The third-order valence-corrected chi connectivity index (χ3v) is 13.2. The maximum absolute atomic E-state index is 12.9. The molecule has 0 rings (SSSR count). The molecule has 71 heavy (non-hydrogen) atoms. The summed E-state index contributed by atoms with van der Waals surface area (Å²) in [5.41, 5.74) is 0. The first-order valence-electron chi connectivity index (χ1n) is 30.4. The van der Waals surface area contributed by atoms with Crippen LogP contribution in [0.3, 0.4) is 0 Å². The van der Waals surface area contributed by atoms with Gasteiger partial charge in [-0.15, -0.1) is 0 Å². The first-order valence-corrected chi connectivity index (χ1v) is 30.4. The molecule has 0 aliphatic carbocycles. The van der Waals surface area contributed by atoms with Crippen molar-refractivity contribution < 1.29 is 28.6 Å². The second-order valence-electron chi connectivity index (χ2n) is 20.2. The maximum Gasteiger partial charge on any atom is 0.306 e. The zero-order valence-electron chi connectivity index (χ0n) is 47.0. The van der Waals surface area contributed by atoms with E-state index < -0.39 is 6.10 Å². The number of esters is 3. The van der Waals surface area contributed by atoms with E-state index in [1.54, 1.807) is 0 Å². The molecule has 0 aliphatic heterocycles. The Balaban J connectivity index is 4.37. The van der Waals surface area contributed by atoms with Crippen LogP contribution >= 0.6 is 0 Å². The van der Waals surface area contributed by atoms with Crippen LogP contribution in [-0.4, -0.2) is 37.2 Å². The van der Waals surface area contributed by atoms with Gasteiger partial charge >= 0.3 is 17.9 Å². The lowest BCUT2D eigenvalue weighted by atomic mass is 10.0. The van der Waals surface area contributed by atoms with Crippen molar-refractivity contribution in [3.8, 4) is 0 Å². The van der Waals surface area contributed by atoms with E-state index in [1.807, 2.05) is 0 Å². The van der Waals surface area contributed by atoms with Gasteiger partial charge in [0.15, 0.2) is 6.10 Å². The van der Waals surface area contributed by atoms with Crippen LogP contribution in [0.2, 0.25) is 0 Å². The van der Waals surface area contributed by atoms with Crippen molar-refractivity contribution in [2.75, 3.05) is 13.2 Å². The minimum absolute atomic E-state index is 0.0922. The number of rotatable bonds is 55. The van der Waals surface area contributed by atoms with Gasteiger partial charge in [0.05, 0.1) is 0 Å². The molecule has 0 fully saturated rings. The minimum Gasteiger partial charge on any atom is -0.462 e. The van der Waals surface area contributed by atoms with Gasteiger partial charge in [-0.25, -0.2) is 0 Å². The van der Waals surface area contributed by atoms with E-state index in [-0.39, 0.29) is 37.5 Å². The van der Waals surface area contributed by atoms with E-state index in [0.717, 1.165) is 89.9 Å².